The van der Waals surface area contributed by atoms with Gasteiger partial charge in [-0.15, -0.1) is 11.3 Å². The van der Waals surface area contributed by atoms with Crippen molar-refractivity contribution in [3.8, 4) is 6.07 Å². The predicted molar refractivity (Wildman–Crippen MR) is 61.3 cm³/mol. The molecule has 0 aliphatic heterocycles. The number of rotatable bonds is 2. The molecule has 1 heterocycles. The zero-order valence-corrected chi connectivity index (χ0v) is 9.01. The van der Waals surface area contributed by atoms with Crippen LogP contribution in [0.3, 0.4) is 0 Å². The van der Waals surface area contributed by atoms with Gasteiger partial charge in [0, 0.05) is 5.38 Å². The van der Waals surface area contributed by atoms with Gasteiger partial charge in [-0.2, -0.15) is 5.26 Å². The van der Waals surface area contributed by atoms with Gasteiger partial charge in [0.15, 0.2) is 5.13 Å². The van der Waals surface area contributed by atoms with Crippen molar-refractivity contribution >= 4 is 22.2 Å². The minimum atomic E-state index is 0.630. The molecule has 0 atom stereocenters. The van der Waals surface area contributed by atoms with Crippen molar-refractivity contribution in [1.82, 2.24) is 4.98 Å². The molecular formula is C11H9N3S. The van der Waals surface area contributed by atoms with Gasteiger partial charge in [-0.1, -0.05) is 12.1 Å². The van der Waals surface area contributed by atoms with Crippen LogP contribution in [0.1, 0.15) is 11.3 Å². The first-order valence-corrected chi connectivity index (χ1v) is 5.36. The van der Waals surface area contributed by atoms with Crippen LogP contribution < -0.4 is 5.32 Å². The Labute approximate surface area is 92.0 Å². The fraction of sp³-hybridized carbons (Fsp3) is 0.0909. The summed E-state index contributed by atoms with van der Waals surface area (Å²) in [6.07, 6.45) is 0. The molecule has 2 aromatic rings. The van der Waals surface area contributed by atoms with E-state index in [4.69, 9.17) is 5.26 Å². The van der Waals surface area contributed by atoms with E-state index in [0.717, 1.165) is 16.5 Å². The Morgan fingerprint density at radius 3 is 2.87 bits per heavy atom. The number of anilines is 2. The number of aromatic nitrogens is 1. The van der Waals surface area contributed by atoms with Gasteiger partial charge >= 0.3 is 0 Å². The molecule has 1 N–H and O–H groups in total. The third kappa shape index (κ3) is 2.14. The van der Waals surface area contributed by atoms with Crippen molar-refractivity contribution in [1.29, 1.82) is 5.26 Å². The van der Waals surface area contributed by atoms with E-state index in [9.17, 15) is 0 Å². The van der Waals surface area contributed by atoms with Crippen LogP contribution >= 0.6 is 11.3 Å². The molecule has 74 valence electrons. The maximum absolute atomic E-state index is 8.89. The first-order valence-electron chi connectivity index (χ1n) is 4.48. The van der Waals surface area contributed by atoms with Crippen LogP contribution in [0.4, 0.5) is 10.8 Å². The first kappa shape index (κ1) is 9.69. The summed E-state index contributed by atoms with van der Waals surface area (Å²) in [5.74, 6) is 0. The number of hydrogen-bond donors (Lipinski definition) is 1. The molecule has 0 unspecified atom stereocenters. The van der Waals surface area contributed by atoms with Crippen LogP contribution in [-0.2, 0) is 0 Å². The SMILES string of the molecule is Cc1csc(Nc2ccccc2C#N)n1. The Morgan fingerprint density at radius 1 is 1.40 bits per heavy atom. The third-order valence-electron chi connectivity index (χ3n) is 1.91. The highest BCUT2D eigenvalue weighted by Gasteiger charge is 2.03. The molecule has 4 heteroatoms. The fourth-order valence-electron chi connectivity index (χ4n) is 1.22. The van der Waals surface area contributed by atoms with E-state index >= 15 is 0 Å². The Morgan fingerprint density at radius 2 is 2.20 bits per heavy atom. The second kappa shape index (κ2) is 4.11. The number of para-hydroxylation sites is 1. The van der Waals surface area contributed by atoms with Crippen molar-refractivity contribution in [2.45, 2.75) is 6.92 Å². The molecule has 0 aliphatic rings. The zero-order valence-electron chi connectivity index (χ0n) is 8.19. The van der Waals surface area contributed by atoms with E-state index in [1.807, 2.05) is 30.5 Å². The highest BCUT2D eigenvalue weighted by molar-refractivity contribution is 7.13. The summed E-state index contributed by atoms with van der Waals surface area (Å²) in [4.78, 5) is 4.28. The van der Waals surface area contributed by atoms with Crippen molar-refractivity contribution < 1.29 is 0 Å². The lowest BCUT2D eigenvalue weighted by molar-refractivity contribution is 1.26. The van der Waals surface area contributed by atoms with Gasteiger partial charge in [-0.3, -0.25) is 0 Å². The molecule has 0 saturated carbocycles. The summed E-state index contributed by atoms with van der Waals surface area (Å²) < 4.78 is 0. The van der Waals surface area contributed by atoms with Crippen LogP contribution in [0.5, 0.6) is 0 Å². The van der Waals surface area contributed by atoms with Crippen LogP contribution in [0.25, 0.3) is 0 Å². The van der Waals surface area contributed by atoms with Crippen LogP contribution in [0.15, 0.2) is 29.6 Å². The zero-order chi connectivity index (χ0) is 10.7. The van der Waals surface area contributed by atoms with E-state index < -0.39 is 0 Å². The number of nitrogens with zero attached hydrogens (tertiary/aromatic N) is 2. The summed E-state index contributed by atoms with van der Waals surface area (Å²) >= 11 is 1.53. The fourth-order valence-corrected chi connectivity index (χ4v) is 1.92. The number of nitriles is 1. The molecule has 1 aromatic carbocycles. The van der Waals surface area contributed by atoms with Crippen molar-refractivity contribution in [3.63, 3.8) is 0 Å². The Balaban J connectivity index is 2.28. The molecule has 0 saturated heterocycles. The van der Waals surface area contributed by atoms with Crippen LogP contribution in [-0.4, -0.2) is 4.98 Å². The standard InChI is InChI=1S/C11H9N3S/c1-8-7-15-11(13-8)14-10-5-3-2-4-9(10)6-12/h2-5,7H,1H3,(H,13,14). The van der Waals surface area contributed by atoms with Gasteiger partial charge in [-0.25, -0.2) is 4.98 Å². The van der Waals surface area contributed by atoms with Gasteiger partial charge in [0.05, 0.1) is 16.9 Å². The largest absolute Gasteiger partial charge is 0.330 e. The predicted octanol–water partition coefficient (Wildman–Crippen LogP) is 3.07. The lowest BCUT2D eigenvalue weighted by atomic mass is 10.2. The Bertz CT molecular complexity index is 511. The number of aryl methyl sites for hydroxylation is 1. The topological polar surface area (TPSA) is 48.7 Å². The monoisotopic (exact) mass is 215 g/mol. The average Bonchev–Trinajstić information content (AvgIpc) is 2.65. The Hall–Kier alpha value is -1.86. The first-order chi connectivity index (χ1) is 7.29. The second-order valence-electron chi connectivity index (χ2n) is 3.08. The van der Waals surface area contributed by atoms with Crippen LogP contribution in [0.2, 0.25) is 0 Å². The maximum atomic E-state index is 8.89. The quantitative estimate of drug-likeness (QED) is 0.837. The van der Waals surface area contributed by atoms with Gasteiger partial charge in [0.2, 0.25) is 0 Å². The molecule has 1 aromatic heterocycles. The average molecular weight is 215 g/mol. The molecule has 3 nitrogen and oxygen atoms in total. The maximum Gasteiger partial charge on any atom is 0.187 e. The summed E-state index contributed by atoms with van der Waals surface area (Å²) in [7, 11) is 0. The molecule has 0 fully saturated rings. The highest BCUT2D eigenvalue weighted by atomic mass is 32.1. The molecule has 15 heavy (non-hydrogen) atoms. The summed E-state index contributed by atoms with van der Waals surface area (Å²) in [6.45, 7) is 1.94. The molecule has 0 amide bonds. The number of hydrogen-bond acceptors (Lipinski definition) is 4. The molecule has 2 rings (SSSR count). The van der Waals surface area contributed by atoms with Gasteiger partial charge in [-0.05, 0) is 19.1 Å². The van der Waals surface area contributed by atoms with Gasteiger partial charge < -0.3 is 5.32 Å². The molecule has 0 spiro atoms. The van der Waals surface area contributed by atoms with Crippen molar-refractivity contribution in [3.05, 3.63) is 40.9 Å². The number of nitrogens with one attached hydrogen (secondary N) is 1. The van der Waals surface area contributed by atoms with Gasteiger partial charge in [0.1, 0.15) is 6.07 Å². The molecule has 0 radical (unpaired) electrons. The lowest BCUT2D eigenvalue weighted by Gasteiger charge is -2.03. The number of thiazole rings is 1. The summed E-state index contributed by atoms with van der Waals surface area (Å²) in [5, 5.41) is 14.8. The summed E-state index contributed by atoms with van der Waals surface area (Å²) in [5.41, 5.74) is 2.41. The minimum Gasteiger partial charge on any atom is -0.330 e. The Kier molecular flexibility index (Phi) is 2.66. The highest BCUT2D eigenvalue weighted by Crippen LogP contribution is 2.22. The molecule has 0 aliphatic carbocycles. The van der Waals surface area contributed by atoms with Crippen molar-refractivity contribution in [2.24, 2.45) is 0 Å². The third-order valence-corrected chi connectivity index (χ3v) is 2.78. The molecule has 0 bridgehead atoms. The molecular weight excluding hydrogens is 206 g/mol. The van der Waals surface area contributed by atoms with E-state index in [1.54, 1.807) is 6.07 Å². The van der Waals surface area contributed by atoms with E-state index in [-0.39, 0.29) is 0 Å². The van der Waals surface area contributed by atoms with E-state index in [0.29, 0.717) is 5.56 Å². The lowest BCUT2D eigenvalue weighted by Crippen LogP contribution is -1.92. The normalized spacial score (nSPS) is 9.60. The summed E-state index contributed by atoms with van der Waals surface area (Å²) in [6, 6.07) is 9.52. The van der Waals surface area contributed by atoms with E-state index in [2.05, 4.69) is 16.4 Å². The van der Waals surface area contributed by atoms with Crippen LogP contribution in [0, 0.1) is 18.3 Å². The minimum absolute atomic E-state index is 0.630. The number of benzene rings is 1. The smallest absolute Gasteiger partial charge is 0.187 e. The van der Waals surface area contributed by atoms with Gasteiger partial charge in [0.25, 0.3) is 0 Å². The van der Waals surface area contributed by atoms with E-state index in [1.165, 1.54) is 11.3 Å². The van der Waals surface area contributed by atoms with Crippen molar-refractivity contribution in [2.75, 3.05) is 5.32 Å². The second-order valence-corrected chi connectivity index (χ2v) is 3.93.